The largest absolute Gasteiger partial charge is 0.416 e. The van der Waals surface area contributed by atoms with Crippen LogP contribution < -0.4 is 4.90 Å². The number of anilines is 1. The Labute approximate surface area is 170 Å². The molecule has 0 spiro atoms. The Balaban J connectivity index is 2.59. The normalized spacial score (nSPS) is 12.8. The number of para-hydroxylation sites is 1. The maximum absolute atomic E-state index is 6.36. The summed E-state index contributed by atoms with van der Waals surface area (Å²) in [5, 5.41) is 0. The van der Waals surface area contributed by atoms with Gasteiger partial charge < -0.3 is 13.8 Å². The van der Waals surface area contributed by atoms with Crippen LogP contribution in [-0.2, 0) is 8.85 Å². The molecule has 0 amide bonds. The monoisotopic (exact) mass is 409 g/mol. The van der Waals surface area contributed by atoms with Crippen LogP contribution in [0.2, 0.25) is 38.3 Å². The molecule has 1 aromatic carbocycles. The van der Waals surface area contributed by atoms with Crippen molar-refractivity contribution < 1.29 is 8.85 Å². The number of hydrogen-bond acceptors (Lipinski definition) is 3. The zero-order chi connectivity index (χ0) is 20.5. The van der Waals surface area contributed by atoms with Gasteiger partial charge in [0.1, 0.15) is 0 Å². The molecule has 3 nitrogen and oxygen atoms in total. The Hall–Kier alpha value is -0.626. The average molecular weight is 410 g/mol. The second kappa shape index (κ2) is 11.4. The molecule has 27 heavy (non-hydrogen) atoms. The van der Waals surface area contributed by atoms with Gasteiger partial charge in [-0.25, -0.2) is 0 Å². The number of hydrogen-bond donors (Lipinski definition) is 0. The van der Waals surface area contributed by atoms with Gasteiger partial charge in [0.2, 0.25) is 0 Å². The highest BCUT2D eigenvalue weighted by molar-refractivity contribution is 6.71. The van der Waals surface area contributed by atoms with Crippen LogP contribution in [0.3, 0.4) is 0 Å². The first-order valence-electron chi connectivity index (χ1n) is 10.6. The molecule has 0 atom stereocenters. The van der Waals surface area contributed by atoms with Gasteiger partial charge >= 0.3 is 0 Å². The number of nitrogens with zero attached hydrogens (tertiary/aromatic N) is 1. The lowest BCUT2D eigenvalue weighted by Gasteiger charge is -2.31. The Morgan fingerprint density at radius 3 is 1.52 bits per heavy atom. The second-order valence-electron chi connectivity index (χ2n) is 9.73. The molecule has 0 saturated carbocycles. The quantitative estimate of drug-likeness (QED) is 0.359. The molecule has 1 rings (SSSR count). The summed E-state index contributed by atoms with van der Waals surface area (Å²) in [6.45, 7) is 21.9. The molecule has 0 aliphatic carbocycles. The van der Waals surface area contributed by atoms with Crippen molar-refractivity contribution >= 4 is 22.3 Å². The van der Waals surface area contributed by atoms with Gasteiger partial charge in [-0.15, -0.1) is 0 Å². The Morgan fingerprint density at radius 1 is 0.741 bits per heavy atom. The zero-order valence-electron chi connectivity index (χ0n) is 19.0. The molecule has 0 fully saturated rings. The molecule has 0 unspecified atom stereocenters. The van der Waals surface area contributed by atoms with Crippen molar-refractivity contribution in [2.75, 3.05) is 31.2 Å². The molecule has 0 heterocycles. The summed E-state index contributed by atoms with van der Waals surface area (Å²) in [7, 11) is -3.13. The van der Waals surface area contributed by atoms with Crippen LogP contribution in [0.5, 0.6) is 0 Å². The van der Waals surface area contributed by atoms with Crippen LogP contribution in [0.15, 0.2) is 30.3 Å². The van der Waals surface area contributed by atoms with Crippen molar-refractivity contribution in [2.24, 2.45) is 11.8 Å². The molecular weight excluding hydrogens is 366 g/mol. The molecule has 5 heteroatoms. The molecule has 156 valence electrons. The summed E-state index contributed by atoms with van der Waals surface area (Å²) in [5.41, 5.74) is 1.26. The zero-order valence-corrected chi connectivity index (χ0v) is 21.0. The van der Waals surface area contributed by atoms with Crippen LogP contribution in [0.4, 0.5) is 5.69 Å². The van der Waals surface area contributed by atoms with E-state index >= 15 is 0 Å². The van der Waals surface area contributed by atoms with Crippen molar-refractivity contribution in [3.8, 4) is 0 Å². The second-order valence-corrected chi connectivity index (χ2v) is 18.2. The lowest BCUT2D eigenvalue weighted by molar-refractivity contribution is 0.289. The summed E-state index contributed by atoms with van der Waals surface area (Å²) < 4.78 is 12.7. The fraction of sp³-hybridized carbons (Fsp3) is 0.727. The van der Waals surface area contributed by atoms with E-state index in [-0.39, 0.29) is 0 Å². The van der Waals surface area contributed by atoms with Crippen molar-refractivity contribution in [1.82, 2.24) is 0 Å². The topological polar surface area (TPSA) is 21.7 Å². The summed E-state index contributed by atoms with van der Waals surface area (Å²) in [5.74, 6) is 1.41. The van der Waals surface area contributed by atoms with Crippen molar-refractivity contribution in [2.45, 2.75) is 66.0 Å². The Bertz CT molecular complexity index is 490. The number of rotatable bonds is 13. The first kappa shape index (κ1) is 24.4. The van der Waals surface area contributed by atoms with E-state index in [0.29, 0.717) is 11.8 Å². The van der Waals surface area contributed by atoms with E-state index in [1.54, 1.807) is 0 Å². The molecule has 0 aliphatic rings. The minimum Gasteiger partial charge on any atom is -0.416 e. The number of benzene rings is 1. The molecule has 0 bridgehead atoms. The third-order valence-electron chi connectivity index (χ3n) is 4.63. The molecule has 0 aromatic heterocycles. The van der Waals surface area contributed by atoms with Crippen LogP contribution >= 0.6 is 0 Å². The summed E-state index contributed by atoms with van der Waals surface area (Å²) in [4.78, 5) is 2.42. The van der Waals surface area contributed by atoms with E-state index in [1.807, 2.05) is 0 Å². The van der Waals surface area contributed by atoms with E-state index in [4.69, 9.17) is 8.85 Å². The average Bonchev–Trinajstić information content (AvgIpc) is 2.51. The van der Waals surface area contributed by atoms with Gasteiger partial charge in [0, 0.05) is 18.8 Å². The smallest absolute Gasteiger partial charge is 0.187 e. The minimum atomic E-state index is -1.56. The van der Waals surface area contributed by atoms with Crippen molar-refractivity contribution in [3.63, 3.8) is 0 Å². The molecule has 1 aromatic rings. The van der Waals surface area contributed by atoms with Gasteiger partial charge in [-0.3, -0.25) is 0 Å². The highest BCUT2D eigenvalue weighted by Gasteiger charge is 2.25. The van der Waals surface area contributed by atoms with Gasteiger partial charge in [-0.05, 0) is 62.2 Å². The highest BCUT2D eigenvalue weighted by Crippen LogP contribution is 2.20. The summed E-state index contributed by atoms with van der Waals surface area (Å²) in [6.07, 6.45) is 0. The lowest BCUT2D eigenvalue weighted by atomic mass is 10.3. The molecule has 0 saturated heterocycles. The van der Waals surface area contributed by atoms with E-state index in [9.17, 15) is 0 Å². The van der Waals surface area contributed by atoms with E-state index in [1.165, 1.54) is 17.8 Å². The van der Waals surface area contributed by atoms with Crippen LogP contribution in [0.25, 0.3) is 0 Å². The third kappa shape index (κ3) is 11.1. The lowest BCUT2D eigenvalue weighted by Crippen LogP contribution is -2.39. The van der Waals surface area contributed by atoms with E-state index in [0.717, 1.165) is 26.3 Å². The van der Waals surface area contributed by atoms with Gasteiger partial charge in [0.05, 0.1) is 13.2 Å². The maximum atomic E-state index is 6.36. The third-order valence-corrected chi connectivity index (χ3v) is 10.2. The summed E-state index contributed by atoms with van der Waals surface area (Å²) >= 11 is 0. The van der Waals surface area contributed by atoms with Gasteiger partial charge in [-0.2, -0.15) is 0 Å². The molecule has 0 N–H and O–H groups in total. The molecular formula is C22H43NO2Si2. The van der Waals surface area contributed by atoms with Crippen LogP contribution in [0.1, 0.15) is 27.7 Å². The summed E-state index contributed by atoms with van der Waals surface area (Å²) in [6, 6.07) is 13.1. The van der Waals surface area contributed by atoms with Gasteiger partial charge in [-0.1, -0.05) is 45.9 Å². The minimum absolute atomic E-state index is 0.707. The predicted octanol–water partition coefficient (Wildman–Crippen LogP) is 6.25. The molecule has 0 aliphatic heterocycles. The fourth-order valence-electron chi connectivity index (χ4n) is 3.96. The van der Waals surface area contributed by atoms with Crippen molar-refractivity contribution in [3.05, 3.63) is 30.3 Å². The van der Waals surface area contributed by atoms with Crippen molar-refractivity contribution in [1.29, 1.82) is 0 Å². The van der Waals surface area contributed by atoms with Gasteiger partial charge in [0.15, 0.2) is 16.6 Å². The molecule has 0 radical (unpaired) electrons. The Morgan fingerprint density at radius 2 is 1.15 bits per heavy atom. The van der Waals surface area contributed by atoms with Crippen LogP contribution in [-0.4, -0.2) is 42.9 Å². The standard InChI is InChI=1S/C22H43NO2Si2/c1-20(2)18-26(5,6)24-16-14-23(22-12-10-9-11-13-22)15-17-25-27(7,8)19-21(3)4/h9-13,20-21H,14-19H2,1-8H3. The van der Waals surface area contributed by atoms with Gasteiger partial charge in [0.25, 0.3) is 0 Å². The SMILES string of the molecule is CC(C)C[Si](C)(C)OCCN(CCO[Si](C)(C)CC(C)C)c1ccccc1. The first-order valence-corrected chi connectivity index (χ1v) is 16.8. The highest BCUT2D eigenvalue weighted by atomic mass is 28.4. The predicted molar refractivity (Wildman–Crippen MR) is 125 cm³/mol. The fourth-order valence-corrected chi connectivity index (χ4v) is 9.41. The Kier molecular flexibility index (Phi) is 10.3. The maximum Gasteiger partial charge on any atom is 0.187 e. The first-order chi connectivity index (χ1) is 12.5. The van der Waals surface area contributed by atoms with Crippen LogP contribution in [0, 0.1) is 11.8 Å². The van der Waals surface area contributed by atoms with E-state index in [2.05, 4.69) is 89.1 Å². The van der Waals surface area contributed by atoms with E-state index < -0.39 is 16.6 Å².